The highest BCUT2D eigenvalue weighted by atomic mass is 79.9. The smallest absolute Gasteiger partial charge is 0.250 e. The second-order valence-corrected chi connectivity index (χ2v) is 7.31. The Labute approximate surface area is 170 Å². The van der Waals surface area contributed by atoms with Gasteiger partial charge in [-0.1, -0.05) is 39.7 Å². The third kappa shape index (κ3) is 8.08. The van der Waals surface area contributed by atoms with Gasteiger partial charge in [-0.3, -0.25) is 4.79 Å². The number of ether oxygens (including phenoxy) is 1. The first-order chi connectivity index (χ1) is 12.7. The third-order valence-electron chi connectivity index (χ3n) is 3.13. The van der Waals surface area contributed by atoms with Gasteiger partial charge in [0.05, 0.1) is 12.0 Å². The zero-order chi connectivity index (χ0) is 18.6. The van der Waals surface area contributed by atoms with E-state index in [9.17, 15) is 4.79 Å². The number of carbonyl (C=O) groups is 1. The van der Waals surface area contributed by atoms with E-state index in [-0.39, 0.29) is 5.91 Å². The van der Waals surface area contributed by atoms with Crippen LogP contribution in [0.25, 0.3) is 0 Å². The summed E-state index contributed by atoms with van der Waals surface area (Å²) in [5.74, 6) is 1.75. The molecule has 0 aromatic heterocycles. The molecule has 2 aromatic rings. The van der Waals surface area contributed by atoms with E-state index in [1.54, 1.807) is 24.1 Å². The van der Waals surface area contributed by atoms with Crippen molar-refractivity contribution in [3.8, 4) is 5.75 Å². The van der Waals surface area contributed by atoms with Crippen molar-refractivity contribution in [3.05, 3.63) is 75.7 Å². The maximum atomic E-state index is 11.8. The molecule has 2 aromatic carbocycles. The van der Waals surface area contributed by atoms with Crippen LogP contribution in [0.3, 0.4) is 0 Å². The van der Waals surface area contributed by atoms with Crippen LogP contribution in [-0.2, 0) is 10.5 Å². The van der Waals surface area contributed by atoms with E-state index in [0.717, 1.165) is 21.5 Å². The standard InChI is InChI=1S/C19H18BrClN2O2S/c20-17-6-2-16(3-7-17)13-26-14-19(24)23-22-12-15-4-8-18(9-5-15)25-11-1-10-21/h1-10,12H,11,13-14H2,(H,23,24)/b10-1+,22-12+. The minimum Gasteiger partial charge on any atom is -0.490 e. The van der Waals surface area contributed by atoms with Gasteiger partial charge in [0, 0.05) is 15.8 Å². The summed E-state index contributed by atoms with van der Waals surface area (Å²) in [6.45, 7) is 0.422. The molecule has 2 rings (SSSR count). The number of nitrogens with zero attached hydrogens (tertiary/aromatic N) is 1. The minimum atomic E-state index is -0.129. The molecular formula is C19H18BrClN2O2S. The second kappa shape index (κ2) is 11.8. The Morgan fingerprint density at radius 3 is 2.62 bits per heavy atom. The molecule has 1 N–H and O–H groups in total. The number of rotatable bonds is 9. The molecular weight excluding hydrogens is 436 g/mol. The zero-order valence-electron chi connectivity index (χ0n) is 13.9. The summed E-state index contributed by atoms with van der Waals surface area (Å²) in [5, 5.41) is 3.97. The van der Waals surface area contributed by atoms with Gasteiger partial charge in [0.2, 0.25) is 5.91 Å². The van der Waals surface area contributed by atoms with E-state index >= 15 is 0 Å². The fourth-order valence-electron chi connectivity index (χ4n) is 1.88. The van der Waals surface area contributed by atoms with Crippen LogP contribution >= 0.6 is 39.3 Å². The molecule has 26 heavy (non-hydrogen) atoms. The number of thioether (sulfide) groups is 1. The van der Waals surface area contributed by atoms with Crippen LogP contribution in [0.15, 0.2) is 69.7 Å². The van der Waals surface area contributed by atoms with Crippen molar-refractivity contribution in [1.29, 1.82) is 0 Å². The Morgan fingerprint density at radius 2 is 1.92 bits per heavy atom. The number of nitrogens with one attached hydrogen (secondary N) is 1. The van der Waals surface area contributed by atoms with Crippen LogP contribution in [0.1, 0.15) is 11.1 Å². The largest absolute Gasteiger partial charge is 0.490 e. The molecule has 136 valence electrons. The summed E-state index contributed by atoms with van der Waals surface area (Å²) >= 11 is 10.4. The molecule has 7 heteroatoms. The first-order valence-corrected chi connectivity index (χ1v) is 10.2. The molecule has 0 aliphatic rings. The number of benzene rings is 2. The van der Waals surface area contributed by atoms with Crippen molar-refractivity contribution in [2.45, 2.75) is 5.75 Å². The lowest BCUT2D eigenvalue weighted by Gasteiger charge is -2.03. The summed E-state index contributed by atoms with van der Waals surface area (Å²) < 4.78 is 6.49. The van der Waals surface area contributed by atoms with Gasteiger partial charge < -0.3 is 4.74 Å². The highest BCUT2D eigenvalue weighted by Gasteiger charge is 2.01. The monoisotopic (exact) mass is 452 g/mol. The van der Waals surface area contributed by atoms with Gasteiger partial charge in [0.25, 0.3) is 0 Å². The van der Waals surface area contributed by atoms with E-state index in [1.165, 1.54) is 11.1 Å². The Hall–Kier alpha value is -1.76. The summed E-state index contributed by atoms with van der Waals surface area (Å²) in [6.07, 6.45) is 3.31. The highest BCUT2D eigenvalue weighted by Crippen LogP contribution is 2.15. The van der Waals surface area contributed by atoms with Gasteiger partial charge in [-0.05, 0) is 53.6 Å². The van der Waals surface area contributed by atoms with Crippen molar-refractivity contribution in [2.75, 3.05) is 12.4 Å². The molecule has 0 atom stereocenters. The van der Waals surface area contributed by atoms with E-state index in [0.29, 0.717) is 12.4 Å². The number of hydrogen-bond acceptors (Lipinski definition) is 4. The molecule has 1 amide bonds. The fraction of sp³-hybridized carbons (Fsp3) is 0.158. The molecule has 0 bridgehead atoms. The molecule has 0 spiro atoms. The molecule has 0 heterocycles. The Bertz CT molecular complexity index is 749. The molecule has 0 saturated heterocycles. The Balaban J connectivity index is 1.68. The lowest BCUT2D eigenvalue weighted by atomic mass is 10.2. The van der Waals surface area contributed by atoms with Gasteiger partial charge >= 0.3 is 0 Å². The van der Waals surface area contributed by atoms with E-state index in [4.69, 9.17) is 16.3 Å². The van der Waals surface area contributed by atoms with Crippen molar-refractivity contribution >= 4 is 51.4 Å². The second-order valence-electron chi connectivity index (χ2n) is 5.15. The lowest BCUT2D eigenvalue weighted by molar-refractivity contribution is -0.118. The van der Waals surface area contributed by atoms with Crippen LogP contribution in [0.2, 0.25) is 0 Å². The topological polar surface area (TPSA) is 50.7 Å². The summed E-state index contributed by atoms with van der Waals surface area (Å²) in [4.78, 5) is 11.8. The molecule has 0 fully saturated rings. The van der Waals surface area contributed by atoms with Crippen LogP contribution in [0.5, 0.6) is 5.75 Å². The number of amides is 1. The molecule has 0 unspecified atom stereocenters. The summed E-state index contributed by atoms with van der Waals surface area (Å²) in [7, 11) is 0. The van der Waals surface area contributed by atoms with E-state index in [2.05, 4.69) is 26.5 Å². The van der Waals surface area contributed by atoms with Crippen LogP contribution in [0, 0.1) is 0 Å². The summed E-state index contributed by atoms with van der Waals surface area (Å²) in [6, 6.07) is 15.4. The van der Waals surface area contributed by atoms with Crippen molar-refractivity contribution in [3.63, 3.8) is 0 Å². The van der Waals surface area contributed by atoms with Crippen LogP contribution in [-0.4, -0.2) is 24.5 Å². The molecule has 4 nitrogen and oxygen atoms in total. The highest BCUT2D eigenvalue weighted by molar-refractivity contribution is 9.10. The van der Waals surface area contributed by atoms with E-state index in [1.807, 2.05) is 48.5 Å². The van der Waals surface area contributed by atoms with Crippen molar-refractivity contribution in [1.82, 2.24) is 5.43 Å². The average Bonchev–Trinajstić information content (AvgIpc) is 2.65. The van der Waals surface area contributed by atoms with Gasteiger partial charge in [-0.25, -0.2) is 5.43 Å². The molecule has 0 aliphatic carbocycles. The number of carbonyl (C=O) groups excluding carboxylic acids is 1. The minimum absolute atomic E-state index is 0.129. The van der Waals surface area contributed by atoms with Gasteiger partial charge in [0.15, 0.2) is 0 Å². The first-order valence-electron chi connectivity index (χ1n) is 7.79. The average molecular weight is 454 g/mol. The van der Waals surface area contributed by atoms with Crippen molar-refractivity contribution < 1.29 is 9.53 Å². The first kappa shape index (κ1) is 20.6. The summed E-state index contributed by atoms with van der Waals surface area (Å²) in [5.41, 5.74) is 6.00. The number of hydrogen-bond donors (Lipinski definition) is 1. The Morgan fingerprint density at radius 1 is 1.19 bits per heavy atom. The molecule has 0 radical (unpaired) electrons. The number of hydrazone groups is 1. The number of halogens is 2. The maximum absolute atomic E-state index is 11.8. The maximum Gasteiger partial charge on any atom is 0.250 e. The van der Waals surface area contributed by atoms with Crippen molar-refractivity contribution in [2.24, 2.45) is 5.10 Å². The molecule has 0 aliphatic heterocycles. The van der Waals surface area contributed by atoms with Gasteiger partial charge in [-0.2, -0.15) is 5.10 Å². The van der Waals surface area contributed by atoms with Gasteiger partial charge in [-0.15, -0.1) is 11.8 Å². The van der Waals surface area contributed by atoms with E-state index < -0.39 is 0 Å². The predicted octanol–water partition coefficient (Wildman–Crippen LogP) is 4.96. The SMILES string of the molecule is O=C(CSCc1ccc(Br)cc1)N/N=C/c1ccc(OC/C=C/Cl)cc1. The normalized spacial score (nSPS) is 11.2. The third-order valence-corrected chi connectivity index (χ3v) is 4.84. The predicted molar refractivity (Wildman–Crippen MR) is 113 cm³/mol. The quantitative estimate of drug-likeness (QED) is 0.431. The zero-order valence-corrected chi connectivity index (χ0v) is 17.1. The Kier molecular flexibility index (Phi) is 9.31. The fourth-order valence-corrected chi connectivity index (χ4v) is 3.00. The van der Waals surface area contributed by atoms with Gasteiger partial charge in [0.1, 0.15) is 12.4 Å². The lowest BCUT2D eigenvalue weighted by Crippen LogP contribution is -2.19. The van der Waals surface area contributed by atoms with Crippen LogP contribution in [0.4, 0.5) is 0 Å². The molecule has 0 saturated carbocycles. The van der Waals surface area contributed by atoms with Crippen LogP contribution < -0.4 is 10.2 Å².